The van der Waals surface area contributed by atoms with Crippen LogP contribution >= 0.6 is 0 Å². The van der Waals surface area contributed by atoms with E-state index in [4.69, 9.17) is 5.11 Å². The zero-order chi connectivity index (χ0) is 23.0. The Morgan fingerprint density at radius 1 is 0.903 bits per heavy atom. The molecule has 3 rings (SSSR count). The van der Waals surface area contributed by atoms with Crippen LogP contribution in [0.3, 0.4) is 0 Å². The zero-order valence-electron chi connectivity index (χ0n) is 19.3. The molecule has 0 aliphatic carbocycles. The Hall–Kier alpha value is -2.90. The number of fused-ring (bicyclic) bond motifs is 2. The summed E-state index contributed by atoms with van der Waals surface area (Å²) in [5.41, 5.74) is 3.46. The number of hydrogen-bond acceptors (Lipinski definition) is 4. The van der Waals surface area contributed by atoms with E-state index in [1.54, 1.807) is 12.7 Å². The lowest BCUT2D eigenvalue weighted by Crippen LogP contribution is -2.29. The minimum atomic E-state index is -1.09. The third-order valence-electron chi connectivity index (χ3n) is 5.34. The van der Waals surface area contributed by atoms with Crippen molar-refractivity contribution in [3.05, 3.63) is 24.3 Å². The topological polar surface area (TPSA) is 102 Å². The first kappa shape index (κ1) is 22.8. The largest absolute Gasteiger partial charge is 0.480 e. The van der Waals surface area contributed by atoms with Crippen LogP contribution in [0.4, 0.5) is 0 Å². The van der Waals surface area contributed by atoms with Crippen molar-refractivity contribution >= 4 is 33.9 Å². The number of benzene rings is 1. The molecule has 31 heavy (non-hydrogen) atoms. The van der Waals surface area contributed by atoms with Gasteiger partial charge in [-0.05, 0) is 29.7 Å². The Kier molecular flexibility index (Phi) is 6.11. The second-order valence-corrected chi connectivity index (χ2v) is 10.6. The summed E-state index contributed by atoms with van der Waals surface area (Å²) in [7, 11) is 0. The molecule has 2 aromatic heterocycles. The first-order chi connectivity index (χ1) is 14.4. The van der Waals surface area contributed by atoms with E-state index in [2.05, 4.69) is 66.0 Å². The highest BCUT2D eigenvalue weighted by molar-refractivity contribution is 6.15. The highest BCUT2D eigenvalue weighted by atomic mass is 16.4. The van der Waals surface area contributed by atoms with Gasteiger partial charge in [0, 0.05) is 13.1 Å². The summed E-state index contributed by atoms with van der Waals surface area (Å²) in [5.74, 6) is -1.57. The minimum absolute atomic E-state index is 0.164. The quantitative estimate of drug-likeness (QED) is 0.592. The summed E-state index contributed by atoms with van der Waals surface area (Å²) in [4.78, 5) is 33.0. The third-order valence-corrected chi connectivity index (χ3v) is 5.34. The normalized spacial score (nSPS) is 12.6. The molecule has 0 radical (unpaired) electrons. The molecule has 8 nitrogen and oxygen atoms in total. The number of carboxylic acid groups (broad SMARTS) is 1. The van der Waals surface area contributed by atoms with Gasteiger partial charge in [0.05, 0.1) is 29.3 Å². The molecular formula is C23H33N5O3. The van der Waals surface area contributed by atoms with Crippen molar-refractivity contribution in [1.82, 2.24) is 24.4 Å². The molecule has 2 heterocycles. The fourth-order valence-corrected chi connectivity index (χ4v) is 3.44. The number of hydrogen-bond donors (Lipinski definition) is 2. The minimum Gasteiger partial charge on any atom is -0.480 e. The number of aromatic nitrogens is 4. The van der Waals surface area contributed by atoms with Gasteiger partial charge in [0.2, 0.25) is 0 Å². The molecule has 8 heteroatoms. The predicted molar refractivity (Wildman–Crippen MR) is 121 cm³/mol. The first-order valence-corrected chi connectivity index (χ1v) is 10.7. The molecule has 0 unspecified atom stereocenters. The van der Waals surface area contributed by atoms with Gasteiger partial charge in [-0.15, -0.1) is 0 Å². The smallest absolute Gasteiger partial charge is 0.322 e. The van der Waals surface area contributed by atoms with Gasteiger partial charge in [-0.2, -0.15) is 0 Å². The Morgan fingerprint density at radius 2 is 1.35 bits per heavy atom. The maximum Gasteiger partial charge on any atom is 0.322 e. The van der Waals surface area contributed by atoms with E-state index in [-0.39, 0.29) is 10.8 Å². The van der Waals surface area contributed by atoms with Crippen molar-refractivity contribution in [2.24, 2.45) is 10.8 Å². The number of carboxylic acids is 1. The molecule has 1 amide bonds. The highest BCUT2D eigenvalue weighted by Gasteiger charge is 2.23. The second kappa shape index (κ2) is 8.32. The number of nitrogens with one attached hydrogen (secondary N) is 1. The lowest BCUT2D eigenvalue weighted by Gasteiger charge is -2.19. The molecule has 0 saturated carbocycles. The summed E-state index contributed by atoms with van der Waals surface area (Å²) in [6, 6.07) is 2.05. The number of aryl methyl sites for hydroxylation is 2. The van der Waals surface area contributed by atoms with E-state index in [0.29, 0.717) is 16.6 Å². The van der Waals surface area contributed by atoms with Gasteiger partial charge in [0.1, 0.15) is 17.6 Å². The van der Waals surface area contributed by atoms with E-state index in [0.717, 1.165) is 37.0 Å². The van der Waals surface area contributed by atoms with Crippen LogP contribution in [0, 0.1) is 10.8 Å². The Balaban J connectivity index is 2.12. The van der Waals surface area contributed by atoms with Gasteiger partial charge < -0.3 is 19.6 Å². The van der Waals surface area contributed by atoms with Crippen LogP contribution in [0.25, 0.3) is 22.1 Å². The van der Waals surface area contributed by atoms with Crippen LogP contribution in [0.15, 0.2) is 18.7 Å². The maximum atomic E-state index is 13.0. The molecule has 2 N–H and O–H groups in total. The zero-order valence-corrected chi connectivity index (χ0v) is 19.3. The SMILES string of the molecule is CC(C)(C)CCn1cnc2c(C(=O)NCC(=O)O)c3ncn(CCC(C)(C)C)c3cc21. The molecule has 168 valence electrons. The summed E-state index contributed by atoms with van der Waals surface area (Å²) < 4.78 is 4.13. The van der Waals surface area contributed by atoms with E-state index >= 15 is 0 Å². The molecule has 0 aliphatic rings. The first-order valence-electron chi connectivity index (χ1n) is 10.7. The van der Waals surface area contributed by atoms with Crippen LogP contribution in [-0.2, 0) is 17.9 Å². The van der Waals surface area contributed by atoms with Crippen LogP contribution in [0.5, 0.6) is 0 Å². The van der Waals surface area contributed by atoms with Gasteiger partial charge in [0.15, 0.2) is 0 Å². The van der Waals surface area contributed by atoms with Gasteiger partial charge >= 0.3 is 5.97 Å². The van der Waals surface area contributed by atoms with E-state index in [1.165, 1.54) is 0 Å². The number of aliphatic carboxylic acids is 1. The van der Waals surface area contributed by atoms with Gasteiger partial charge in [-0.25, -0.2) is 9.97 Å². The highest BCUT2D eigenvalue weighted by Crippen LogP contribution is 2.30. The molecule has 0 aliphatic heterocycles. The summed E-state index contributed by atoms with van der Waals surface area (Å²) >= 11 is 0. The van der Waals surface area contributed by atoms with Crippen molar-refractivity contribution in [2.45, 2.75) is 67.5 Å². The summed E-state index contributed by atoms with van der Waals surface area (Å²) in [5, 5.41) is 11.5. The van der Waals surface area contributed by atoms with Crippen LogP contribution < -0.4 is 5.32 Å². The molecule has 1 aromatic carbocycles. The maximum absolute atomic E-state index is 13.0. The van der Waals surface area contributed by atoms with E-state index in [1.807, 2.05) is 6.07 Å². The molecule has 0 atom stereocenters. The van der Waals surface area contributed by atoms with Crippen LogP contribution in [0.2, 0.25) is 0 Å². The number of amides is 1. The molecular weight excluding hydrogens is 394 g/mol. The Bertz CT molecular complexity index is 1040. The molecule has 0 spiro atoms. The number of carbonyl (C=O) groups is 2. The van der Waals surface area contributed by atoms with E-state index in [9.17, 15) is 9.59 Å². The predicted octanol–water partition coefficient (Wildman–Crippen LogP) is 4.07. The van der Waals surface area contributed by atoms with Crippen molar-refractivity contribution in [3.63, 3.8) is 0 Å². The standard InChI is InChI=1S/C23H33N5O3/c1-22(2,3)7-9-27-13-25-19-15(27)11-16-20(18(19)21(31)24-12-17(29)30)26-14-28(16)10-8-23(4,5)6/h11,13-14H,7-10,12H2,1-6H3,(H,24,31)(H,29,30). The average Bonchev–Trinajstić information content (AvgIpc) is 3.23. The van der Waals surface area contributed by atoms with Crippen molar-refractivity contribution in [3.8, 4) is 0 Å². The lowest BCUT2D eigenvalue weighted by molar-refractivity contribution is -0.135. The second-order valence-electron chi connectivity index (χ2n) is 10.6. The number of imidazole rings is 2. The fraction of sp³-hybridized carbons (Fsp3) is 0.565. The number of rotatable bonds is 7. The van der Waals surface area contributed by atoms with Crippen LogP contribution in [0.1, 0.15) is 64.7 Å². The lowest BCUT2D eigenvalue weighted by atomic mass is 9.92. The van der Waals surface area contributed by atoms with Crippen molar-refractivity contribution < 1.29 is 14.7 Å². The average molecular weight is 428 g/mol. The molecule has 0 bridgehead atoms. The van der Waals surface area contributed by atoms with Gasteiger partial charge in [-0.3, -0.25) is 9.59 Å². The Labute approximate surface area is 182 Å². The van der Waals surface area contributed by atoms with Crippen molar-refractivity contribution in [1.29, 1.82) is 0 Å². The number of carbonyl (C=O) groups excluding carboxylic acids is 1. The van der Waals surface area contributed by atoms with Gasteiger partial charge in [-0.1, -0.05) is 41.5 Å². The molecule has 3 aromatic rings. The molecule has 0 saturated heterocycles. The Morgan fingerprint density at radius 3 is 1.74 bits per heavy atom. The van der Waals surface area contributed by atoms with Crippen LogP contribution in [-0.4, -0.2) is 42.6 Å². The van der Waals surface area contributed by atoms with Crippen molar-refractivity contribution in [2.75, 3.05) is 6.54 Å². The molecule has 0 fully saturated rings. The number of nitrogens with zero attached hydrogens (tertiary/aromatic N) is 4. The summed E-state index contributed by atoms with van der Waals surface area (Å²) in [6.07, 6.45) is 5.42. The monoisotopic (exact) mass is 427 g/mol. The third kappa shape index (κ3) is 5.42. The fourth-order valence-electron chi connectivity index (χ4n) is 3.44. The van der Waals surface area contributed by atoms with Gasteiger partial charge in [0.25, 0.3) is 5.91 Å². The van der Waals surface area contributed by atoms with E-state index < -0.39 is 18.4 Å². The summed E-state index contributed by atoms with van der Waals surface area (Å²) in [6.45, 7) is 14.2.